The van der Waals surface area contributed by atoms with E-state index in [-0.39, 0.29) is 5.82 Å². The van der Waals surface area contributed by atoms with Gasteiger partial charge in [0.25, 0.3) is 0 Å². The van der Waals surface area contributed by atoms with Crippen LogP contribution in [0.1, 0.15) is 31.7 Å². The lowest BCUT2D eigenvalue weighted by Gasteiger charge is -2.31. The van der Waals surface area contributed by atoms with Gasteiger partial charge in [-0.3, -0.25) is 0 Å². The molecule has 0 spiro atoms. The molecule has 1 atom stereocenters. The highest BCUT2D eigenvalue weighted by Crippen LogP contribution is 2.27. The molecule has 0 aromatic heterocycles. The van der Waals surface area contributed by atoms with Crippen LogP contribution in [0, 0.1) is 11.7 Å². The van der Waals surface area contributed by atoms with Gasteiger partial charge >= 0.3 is 0 Å². The van der Waals surface area contributed by atoms with E-state index in [1.807, 2.05) is 6.92 Å². The number of ether oxygens (including phenoxy) is 1. The fourth-order valence-corrected chi connectivity index (χ4v) is 2.69. The molecule has 1 aliphatic rings. The zero-order valence-corrected chi connectivity index (χ0v) is 10.9. The Morgan fingerprint density at radius 2 is 1.89 bits per heavy atom. The molecular formula is C15H21FO2. The molecule has 2 nitrogen and oxygen atoms in total. The Kier molecular flexibility index (Phi) is 4.36. The van der Waals surface area contributed by atoms with Crippen molar-refractivity contribution in [2.45, 2.75) is 38.2 Å². The summed E-state index contributed by atoms with van der Waals surface area (Å²) in [6.45, 7) is 3.47. The van der Waals surface area contributed by atoms with Gasteiger partial charge in [-0.2, -0.15) is 0 Å². The number of aliphatic hydroxyl groups is 1. The number of benzene rings is 1. The first-order valence-corrected chi connectivity index (χ1v) is 6.60. The second-order valence-electron chi connectivity index (χ2n) is 5.56. The molecule has 1 N–H and O–H groups in total. The van der Waals surface area contributed by atoms with Gasteiger partial charge in [0.1, 0.15) is 5.82 Å². The highest BCUT2D eigenvalue weighted by Gasteiger charge is 2.27. The maximum Gasteiger partial charge on any atom is 0.123 e. The number of rotatable bonds is 4. The minimum Gasteiger partial charge on any atom is -0.390 e. The number of hydrogen-bond acceptors (Lipinski definition) is 2. The summed E-state index contributed by atoms with van der Waals surface area (Å²) >= 11 is 0. The van der Waals surface area contributed by atoms with Crippen LogP contribution < -0.4 is 0 Å². The lowest BCUT2D eigenvalue weighted by atomic mass is 9.83. The molecule has 1 heterocycles. The molecule has 0 radical (unpaired) electrons. The smallest absolute Gasteiger partial charge is 0.123 e. The van der Waals surface area contributed by atoms with Gasteiger partial charge in [0, 0.05) is 19.6 Å². The summed E-state index contributed by atoms with van der Waals surface area (Å²) in [6, 6.07) is 6.38. The van der Waals surface area contributed by atoms with Gasteiger partial charge in [-0.05, 0) is 49.8 Å². The quantitative estimate of drug-likeness (QED) is 0.892. The van der Waals surface area contributed by atoms with Crippen LogP contribution in [0.25, 0.3) is 0 Å². The summed E-state index contributed by atoms with van der Waals surface area (Å²) in [7, 11) is 0. The van der Waals surface area contributed by atoms with Crippen molar-refractivity contribution in [1.82, 2.24) is 0 Å². The van der Waals surface area contributed by atoms with Crippen LogP contribution in [-0.4, -0.2) is 23.9 Å². The fraction of sp³-hybridized carbons (Fsp3) is 0.600. The van der Waals surface area contributed by atoms with E-state index in [1.54, 1.807) is 12.1 Å². The first-order chi connectivity index (χ1) is 8.55. The molecule has 0 saturated carbocycles. The van der Waals surface area contributed by atoms with Crippen LogP contribution >= 0.6 is 0 Å². The molecule has 1 unspecified atom stereocenters. The fourth-order valence-electron chi connectivity index (χ4n) is 2.69. The van der Waals surface area contributed by atoms with Crippen molar-refractivity contribution in [3.8, 4) is 0 Å². The predicted octanol–water partition coefficient (Wildman–Crippen LogP) is 2.94. The molecule has 0 bridgehead atoms. The molecule has 1 aromatic carbocycles. The molecule has 18 heavy (non-hydrogen) atoms. The largest absolute Gasteiger partial charge is 0.390 e. The highest BCUT2D eigenvalue weighted by molar-refractivity contribution is 5.18. The van der Waals surface area contributed by atoms with Gasteiger partial charge in [0.05, 0.1) is 5.60 Å². The molecular weight excluding hydrogens is 231 g/mol. The Morgan fingerprint density at radius 1 is 1.28 bits per heavy atom. The predicted molar refractivity (Wildman–Crippen MR) is 68.9 cm³/mol. The zero-order valence-electron chi connectivity index (χ0n) is 10.9. The second-order valence-corrected chi connectivity index (χ2v) is 5.56. The maximum atomic E-state index is 12.8. The van der Waals surface area contributed by atoms with Crippen molar-refractivity contribution in [3.63, 3.8) is 0 Å². The zero-order chi connectivity index (χ0) is 13.0. The summed E-state index contributed by atoms with van der Waals surface area (Å²) in [5.41, 5.74) is 0.258. The summed E-state index contributed by atoms with van der Waals surface area (Å²) < 4.78 is 18.1. The first-order valence-electron chi connectivity index (χ1n) is 6.60. The lowest BCUT2D eigenvalue weighted by Crippen LogP contribution is -2.32. The molecule has 0 aliphatic carbocycles. The topological polar surface area (TPSA) is 29.5 Å². The normalized spacial score (nSPS) is 20.6. The van der Waals surface area contributed by atoms with Gasteiger partial charge in [-0.25, -0.2) is 4.39 Å². The SMILES string of the molecule is CC(O)(Cc1ccc(F)cc1)CC1CCOCC1. The monoisotopic (exact) mass is 252 g/mol. The minimum absolute atomic E-state index is 0.233. The highest BCUT2D eigenvalue weighted by atomic mass is 19.1. The van der Waals surface area contributed by atoms with Gasteiger partial charge in [0.2, 0.25) is 0 Å². The molecule has 1 aliphatic heterocycles. The summed E-state index contributed by atoms with van der Waals surface area (Å²) in [5.74, 6) is 0.303. The summed E-state index contributed by atoms with van der Waals surface area (Å²) in [4.78, 5) is 0. The van der Waals surface area contributed by atoms with Gasteiger partial charge in [-0.15, -0.1) is 0 Å². The van der Waals surface area contributed by atoms with Crippen LogP contribution in [-0.2, 0) is 11.2 Å². The van der Waals surface area contributed by atoms with E-state index in [9.17, 15) is 9.50 Å². The van der Waals surface area contributed by atoms with E-state index in [0.29, 0.717) is 12.3 Å². The first kappa shape index (κ1) is 13.5. The van der Waals surface area contributed by atoms with Crippen molar-refractivity contribution >= 4 is 0 Å². The maximum absolute atomic E-state index is 12.8. The van der Waals surface area contributed by atoms with E-state index < -0.39 is 5.60 Å². The molecule has 3 heteroatoms. The number of hydrogen-bond donors (Lipinski definition) is 1. The molecule has 0 amide bonds. The Hall–Kier alpha value is -0.930. The Balaban J connectivity index is 1.91. The third-order valence-electron chi connectivity index (χ3n) is 3.57. The van der Waals surface area contributed by atoms with Crippen LogP contribution in [0.3, 0.4) is 0 Å². The van der Waals surface area contributed by atoms with Crippen molar-refractivity contribution in [2.75, 3.05) is 13.2 Å². The van der Waals surface area contributed by atoms with Gasteiger partial charge in [0.15, 0.2) is 0 Å². The van der Waals surface area contributed by atoms with Gasteiger partial charge in [-0.1, -0.05) is 12.1 Å². The van der Waals surface area contributed by atoms with Crippen molar-refractivity contribution in [3.05, 3.63) is 35.6 Å². The summed E-state index contributed by atoms with van der Waals surface area (Å²) in [6.07, 6.45) is 3.41. The van der Waals surface area contributed by atoms with E-state index in [4.69, 9.17) is 4.74 Å². The van der Waals surface area contributed by atoms with E-state index >= 15 is 0 Å². The molecule has 100 valence electrons. The van der Waals surface area contributed by atoms with Crippen LogP contribution in [0.5, 0.6) is 0 Å². The molecule has 1 aromatic rings. The lowest BCUT2D eigenvalue weighted by molar-refractivity contribution is 0.000353. The van der Waals surface area contributed by atoms with Crippen LogP contribution in [0.2, 0.25) is 0 Å². The van der Waals surface area contributed by atoms with E-state index in [0.717, 1.165) is 38.0 Å². The average molecular weight is 252 g/mol. The van der Waals surface area contributed by atoms with E-state index in [2.05, 4.69) is 0 Å². The third kappa shape index (κ3) is 4.07. The summed E-state index contributed by atoms with van der Waals surface area (Å²) in [5, 5.41) is 10.5. The molecule has 1 saturated heterocycles. The van der Waals surface area contributed by atoms with Crippen molar-refractivity contribution in [1.29, 1.82) is 0 Å². The minimum atomic E-state index is -0.722. The van der Waals surface area contributed by atoms with Crippen molar-refractivity contribution < 1.29 is 14.2 Å². The Labute approximate surface area is 108 Å². The Bertz CT molecular complexity index is 367. The average Bonchev–Trinajstić information content (AvgIpc) is 2.32. The van der Waals surface area contributed by atoms with Crippen LogP contribution in [0.4, 0.5) is 4.39 Å². The standard InChI is InChI=1S/C15H21FO2/c1-15(17,11-13-6-8-18-9-7-13)10-12-2-4-14(16)5-3-12/h2-5,13,17H,6-11H2,1H3. The molecule has 1 fully saturated rings. The van der Waals surface area contributed by atoms with Crippen molar-refractivity contribution in [2.24, 2.45) is 5.92 Å². The van der Waals surface area contributed by atoms with E-state index in [1.165, 1.54) is 12.1 Å². The molecule has 2 rings (SSSR count). The number of halogens is 1. The second kappa shape index (κ2) is 5.81. The van der Waals surface area contributed by atoms with Crippen LogP contribution in [0.15, 0.2) is 24.3 Å². The third-order valence-corrected chi connectivity index (χ3v) is 3.57. The van der Waals surface area contributed by atoms with Gasteiger partial charge < -0.3 is 9.84 Å². The Morgan fingerprint density at radius 3 is 2.50 bits per heavy atom.